The number of aliphatic hydroxyl groups is 1. The van der Waals surface area contributed by atoms with Crippen LogP contribution in [0.2, 0.25) is 0 Å². The van der Waals surface area contributed by atoms with Crippen LogP contribution in [0.3, 0.4) is 0 Å². The van der Waals surface area contributed by atoms with E-state index in [4.69, 9.17) is 5.11 Å². The van der Waals surface area contributed by atoms with Crippen molar-refractivity contribution in [2.24, 2.45) is 5.41 Å². The molecule has 0 aromatic carbocycles. The molecular weight excluding hydrogens is 235 g/mol. The maximum Gasteiger partial charge on any atom is 0.243 e. The van der Waals surface area contributed by atoms with E-state index in [-0.39, 0.29) is 17.8 Å². The predicted molar refractivity (Wildman–Crippen MR) is 64.8 cm³/mol. The molecule has 18 heavy (non-hydrogen) atoms. The van der Waals surface area contributed by atoms with Crippen molar-refractivity contribution in [2.45, 2.75) is 19.3 Å². The minimum absolute atomic E-state index is 0.206. The molecule has 0 spiro atoms. The fourth-order valence-corrected chi connectivity index (χ4v) is 2.13. The second-order valence-electron chi connectivity index (χ2n) is 4.91. The normalized spacial score (nSPS) is 17.0. The molecule has 0 saturated heterocycles. The first-order chi connectivity index (χ1) is 8.71. The van der Waals surface area contributed by atoms with E-state index in [0.29, 0.717) is 11.6 Å². The van der Waals surface area contributed by atoms with Crippen molar-refractivity contribution in [3.63, 3.8) is 0 Å². The molecule has 0 radical (unpaired) electrons. The van der Waals surface area contributed by atoms with Gasteiger partial charge in [-0.05, 0) is 36.8 Å². The molecule has 2 N–H and O–H groups in total. The molecule has 0 bridgehead atoms. The smallest absolute Gasteiger partial charge is 0.243 e. The van der Waals surface area contributed by atoms with E-state index in [1.54, 1.807) is 6.07 Å². The van der Waals surface area contributed by atoms with E-state index >= 15 is 0 Å². The highest BCUT2D eigenvalue weighted by Crippen LogP contribution is 2.48. The molecule has 3 rings (SSSR count). The van der Waals surface area contributed by atoms with Crippen molar-refractivity contribution in [1.82, 2.24) is 14.6 Å². The van der Waals surface area contributed by atoms with Crippen molar-refractivity contribution >= 4 is 11.6 Å². The molecule has 1 aliphatic carbocycles. The lowest BCUT2D eigenvalue weighted by molar-refractivity contribution is 0.253. The second-order valence-corrected chi connectivity index (χ2v) is 4.91. The standard InChI is InChI=1S/C12H15FN4O/c13-9-1-2-10-15-11(16-17(10)7-9)14-8-12(3-4-12)5-6-18/h1-2,7,18H,3-6,8H2,(H,14,16). The van der Waals surface area contributed by atoms with E-state index in [1.165, 1.54) is 16.8 Å². The molecule has 2 aromatic rings. The number of nitrogens with one attached hydrogen (secondary N) is 1. The zero-order chi connectivity index (χ0) is 12.6. The van der Waals surface area contributed by atoms with Gasteiger partial charge in [0, 0.05) is 13.2 Å². The number of pyridine rings is 1. The molecule has 2 aromatic heterocycles. The highest BCUT2D eigenvalue weighted by molar-refractivity contribution is 5.43. The Morgan fingerprint density at radius 2 is 2.28 bits per heavy atom. The zero-order valence-electron chi connectivity index (χ0n) is 9.93. The molecule has 1 aliphatic rings. The summed E-state index contributed by atoms with van der Waals surface area (Å²) >= 11 is 0. The van der Waals surface area contributed by atoms with E-state index in [2.05, 4.69) is 15.4 Å². The van der Waals surface area contributed by atoms with Crippen LogP contribution in [0, 0.1) is 11.2 Å². The first-order valence-electron chi connectivity index (χ1n) is 6.07. The summed E-state index contributed by atoms with van der Waals surface area (Å²) in [7, 11) is 0. The molecule has 6 heteroatoms. The Labute approximate surface area is 104 Å². The number of fused-ring (bicyclic) bond motifs is 1. The average molecular weight is 250 g/mol. The third-order valence-corrected chi connectivity index (χ3v) is 3.52. The number of aromatic nitrogens is 3. The molecule has 5 nitrogen and oxygen atoms in total. The minimum Gasteiger partial charge on any atom is -0.396 e. The van der Waals surface area contributed by atoms with Crippen LogP contribution in [0.25, 0.3) is 5.65 Å². The van der Waals surface area contributed by atoms with Gasteiger partial charge in [0.1, 0.15) is 5.82 Å². The van der Waals surface area contributed by atoms with Gasteiger partial charge in [0.05, 0.1) is 6.20 Å². The van der Waals surface area contributed by atoms with Gasteiger partial charge in [0.25, 0.3) is 0 Å². The van der Waals surface area contributed by atoms with Crippen molar-refractivity contribution in [1.29, 1.82) is 0 Å². The van der Waals surface area contributed by atoms with Gasteiger partial charge in [0.15, 0.2) is 5.65 Å². The maximum atomic E-state index is 13.0. The van der Waals surface area contributed by atoms with Gasteiger partial charge < -0.3 is 10.4 Å². The van der Waals surface area contributed by atoms with E-state index < -0.39 is 0 Å². The summed E-state index contributed by atoms with van der Waals surface area (Å²) in [5.74, 6) is 0.169. The van der Waals surface area contributed by atoms with Crippen LogP contribution in [0.4, 0.5) is 10.3 Å². The van der Waals surface area contributed by atoms with Crippen LogP contribution in [-0.4, -0.2) is 32.9 Å². The van der Waals surface area contributed by atoms with Crippen LogP contribution in [0.1, 0.15) is 19.3 Å². The lowest BCUT2D eigenvalue weighted by Crippen LogP contribution is -2.17. The SMILES string of the molecule is OCCC1(CNc2nc3ccc(F)cn3n2)CC1. The fraction of sp³-hybridized carbons (Fsp3) is 0.500. The second kappa shape index (κ2) is 4.20. The molecule has 96 valence electrons. The van der Waals surface area contributed by atoms with Gasteiger partial charge in [-0.2, -0.15) is 4.98 Å². The number of halogens is 1. The lowest BCUT2D eigenvalue weighted by atomic mass is 10.0. The van der Waals surface area contributed by atoms with Crippen molar-refractivity contribution in [2.75, 3.05) is 18.5 Å². The molecule has 1 fully saturated rings. The summed E-state index contributed by atoms with van der Waals surface area (Å²) < 4.78 is 14.4. The van der Waals surface area contributed by atoms with Crippen molar-refractivity contribution < 1.29 is 9.50 Å². The maximum absolute atomic E-state index is 13.0. The molecule has 0 atom stereocenters. The van der Waals surface area contributed by atoms with Gasteiger partial charge in [-0.3, -0.25) is 0 Å². The quantitative estimate of drug-likeness (QED) is 0.843. The van der Waals surface area contributed by atoms with Gasteiger partial charge in [-0.15, -0.1) is 5.10 Å². The van der Waals surface area contributed by atoms with Gasteiger partial charge in [0.2, 0.25) is 5.95 Å². The number of anilines is 1. The topological polar surface area (TPSA) is 62.5 Å². The third-order valence-electron chi connectivity index (χ3n) is 3.52. The number of rotatable bonds is 5. The minimum atomic E-state index is -0.335. The first kappa shape index (κ1) is 11.4. The van der Waals surface area contributed by atoms with Crippen molar-refractivity contribution in [3.8, 4) is 0 Å². The lowest BCUT2D eigenvalue weighted by Gasteiger charge is -2.12. The Morgan fingerprint density at radius 3 is 3.00 bits per heavy atom. The Morgan fingerprint density at radius 1 is 1.44 bits per heavy atom. The van der Waals surface area contributed by atoms with Gasteiger partial charge in [-0.1, -0.05) is 0 Å². The number of aliphatic hydroxyl groups excluding tert-OH is 1. The first-order valence-corrected chi connectivity index (χ1v) is 6.07. The monoisotopic (exact) mass is 250 g/mol. The molecule has 1 saturated carbocycles. The number of nitrogens with zero attached hydrogens (tertiary/aromatic N) is 3. The fourth-order valence-electron chi connectivity index (χ4n) is 2.13. The van der Waals surface area contributed by atoms with Crippen molar-refractivity contribution in [3.05, 3.63) is 24.1 Å². The highest BCUT2D eigenvalue weighted by Gasteiger charge is 2.41. The van der Waals surface area contributed by atoms with E-state index in [1.807, 2.05) is 0 Å². The highest BCUT2D eigenvalue weighted by atomic mass is 19.1. The van der Waals surface area contributed by atoms with Crippen LogP contribution in [0.15, 0.2) is 18.3 Å². The average Bonchev–Trinajstić information content (AvgIpc) is 2.99. The Balaban J connectivity index is 1.71. The summed E-state index contributed by atoms with van der Waals surface area (Å²) in [4.78, 5) is 4.26. The van der Waals surface area contributed by atoms with E-state index in [0.717, 1.165) is 25.8 Å². The van der Waals surface area contributed by atoms with Crippen LogP contribution < -0.4 is 5.32 Å². The molecule has 2 heterocycles. The van der Waals surface area contributed by atoms with Crippen LogP contribution in [0.5, 0.6) is 0 Å². The van der Waals surface area contributed by atoms with Crippen LogP contribution >= 0.6 is 0 Å². The summed E-state index contributed by atoms with van der Waals surface area (Å²) in [6.45, 7) is 0.971. The summed E-state index contributed by atoms with van der Waals surface area (Å²) in [5, 5.41) is 16.3. The molecule has 0 amide bonds. The van der Waals surface area contributed by atoms with Crippen LogP contribution in [-0.2, 0) is 0 Å². The Hall–Kier alpha value is -1.69. The molecular formula is C12H15FN4O. The number of hydrogen-bond acceptors (Lipinski definition) is 4. The van der Waals surface area contributed by atoms with Gasteiger partial charge in [-0.25, -0.2) is 8.91 Å². The third kappa shape index (κ3) is 2.15. The molecule has 0 aliphatic heterocycles. The number of hydrogen-bond donors (Lipinski definition) is 2. The largest absolute Gasteiger partial charge is 0.396 e. The Bertz CT molecular complexity index is 564. The summed E-state index contributed by atoms with van der Waals surface area (Å²) in [6.07, 6.45) is 4.36. The molecule has 0 unspecified atom stereocenters. The Kier molecular flexibility index (Phi) is 2.66. The predicted octanol–water partition coefficient (Wildman–Crippen LogP) is 1.44. The summed E-state index contributed by atoms with van der Waals surface area (Å²) in [6, 6.07) is 2.95. The van der Waals surface area contributed by atoms with Gasteiger partial charge >= 0.3 is 0 Å². The zero-order valence-corrected chi connectivity index (χ0v) is 9.93. The summed E-state index contributed by atoms with van der Waals surface area (Å²) in [5.41, 5.74) is 0.822. The van der Waals surface area contributed by atoms with E-state index in [9.17, 15) is 4.39 Å².